The number of nitrogens with zero attached hydrogens (tertiary/aromatic N) is 3. The van der Waals surface area contributed by atoms with Crippen molar-refractivity contribution in [2.45, 2.75) is 58.8 Å². The van der Waals surface area contributed by atoms with E-state index >= 15 is 0 Å². The first-order chi connectivity index (χ1) is 20.8. The number of anilines is 3. The Hall–Kier alpha value is -3.24. The van der Waals surface area contributed by atoms with E-state index in [9.17, 15) is 14.4 Å². The number of hydrogen-bond acceptors (Lipinski definition) is 7. The molecular formula is C33H40BrN5O3S. The van der Waals surface area contributed by atoms with Crippen LogP contribution in [0.2, 0.25) is 0 Å². The van der Waals surface area contributed by atoms with Crippen LogP contribution in [0.1, 0.15) is 76.2 Å². The van der Waals surface area contributed by atoms with Crippen molar-refractivity contribution in [3.05, 3.63) is 68.1 Å². The van der Waals surface area contributed by atoms with Gasteiger partial charge in [0.1, 0.15) is 10.7 Å². The molecule has 1 atom stereocenters. The number of amides is 2. The monoisotopic (exact) mass is 665 g/mol. The lowest BCUT2D eigenvalue weighted by atomic mass is 9.94. The van der Waals surface area contributed by atoms with Gasteiger partial charge in [-0.1, -0.05) is 31.0 Å². The fourth-order valence-corrected chi connectivity index (χ4v) is 7.57. The number of aryl methyl sites for hydroxylation is 2. The van der Waals surface area contributed by atoms with Crippen molar-refractivity contribution < 1.29 is 14.4 Å². The Morgan fingerprint density at radius 2 is 1.74 bits per heavy atom. The molecule has 2 aromatic carbocycles. The minimum atomic E-state index is -0.240. The number of hydrogen-bond donors (Lipinski definition) is 2. The molecule has 2 N–H and O–H groups in total. The first-order valence-electron chi connectivity index (χ1n) is 15.2. The quantitative estimate of drug-likeness (QED) is 0.194. The lowest BCUT2D eigenvalue weighted by molar-refractivity contribution is -0.119. The van der Waals surface area contributed by atoms with Gasteiger partial charge in [0, 0.05) is 56.8 Å². The second-order valence-electron chi connectivity index (χ2n) is 11.6. The van der Waals surface area contributed by atoms with Crippen molar-refractivity contribution in [1.29, 1.82) is 0 Å². The van der Waals surface area contributed by atoms with E-state index in [1.54, 1.807) is 6.07 Å². The third-order valence-corrected chi connectivity index (χ3v) is 10.1. The standard InChI is InChI=1S/C33H40BrN5O3S/c1-22-8-3-6-12-28(22)38-16-18-39(19-17-38)29-14-13-25(21-27(29)37-32(42)30-23(2)36-33(34)43-30)31(41)35-15-7-10-24-9-4-5-11-26(40)20-24/h3,6,8,12-14,21,24H,4-5,7,9-11,15-20H2,1-2H3,(H,35,41)(H,37,42). The highest BCUT2D eigenvalue weighted by Crippen LogP contribution is 2.32. The molecule has 10 heteroatoms. The maximum absolute atomic E-state index is 13.3. The number of thiazole rings is 1. The minimum Gasteiger partial charge on any atom is -0.368 e. The molecular weight excluding hydrogens is 626 g/mol. The summed E-state index contributed by atoms with van der Waals surface area (Å²) in [5.41, 5.74) is 5.18. The predicted octanol–water partition coefficient (Wildman–Crippen LogP) is 6.76. The lowest BCUT2D eigenvalue weighted by Crippen LogP contribution is -2.47. The fourth-order valence-electron chi connectivity index (χ4n) is 6.14. The maximum Gasteiger partial charge on any atom is 0.267 e. The summed E-state index contributed by atoms with van der Waals surface area (Å²) in [7, 11) is 0. The van der Waals surface area contributed by atoms with Gasteiger partial charge in [0.2, 0.25) is 0 Å². The number of halogens is 1. The average molecular weight is 667 g/mol. The molecule has 0 bridgehead atoms. The Balaban J connectivity index is 1.27. The van der Waals surface area contributed by atoms with Crippen molar-refractivity contribution in [3.8, 4) is 0 Å². The maximum atomic E-state index is 13.3. The van der Waals surface area contributed by atoms with Gasteiger partial charge in [0.25, 0.3) is 11.8 Å². The molecule has 0 radical (unpaired) electrons. The summed E-state index contributed by atoms with van der Waals surface area (Å²) in [6, 6.07) is 14.0. The molecule has 2 amide bonds. The van der Waals surface area contributed by atoms with E-state index in [0.717, 1.165) is 64.0 Å². The van der Waals surface area contributed by atoms with Crippen LogP contribution in [0.5, 0.6) is 0 Å². The number of carbonyl (C=O) groups excluding carboxylic acids is 3. The van der Waals surface area contributed by atoms with Crippen LogP contribution in [0.15, 0.2) is 46.4 Å². The van der Waals surface area contributed by atoms with Crippen molar-refractivity contribution >= 4 is 61.9 Å². The van der Waals surface area contributed by atoms with Gasteiger partial charge >= 0.3 is 0 Å². The summed E-state index contributed by atoms with van der Waals surface area (Å²) < 4.78 is 0.657. The number of rotatable bonds is 9. The molecule has 43 heavy (non-hydrogen) atoms. The minimum absolute atomic E-state index is 0.167. The predicted molar refractivity (Wildman–Crippen MR) is 178 cm³/mol. The summed E-state index contributed by atoms with van der Waals surface area (Å²) in [5.74, 6) is 0.393. The normalized spacial score (nSPS) is 17.5. The van der Waals surface area contributed by atoms with Crippen molar-refractivity contribution in [2.75, 3.05) is 47.8 Å². The number of benzene rings is 2. The van der Waals surface area contributed by atoms with E-state index in [1.807, 2.05) is 19.1 Å². The van der Waals surface area contributed by atoms with Crippen LogP contribution in [-0.4, -0.2) is 55.3 Å². The summed E-state index contributed by atoms with van der Waals surface area (Å²) in [6.45, 7) is 7.80. The highest BCUT2D eigenvalue weighted by molar-refractivity contribution is 9.11. The Morgan fingerprint density at radius 3 is 2.47 bits per heavy atom. The van der Waals surface area contributed by atoms with Crippen LogP contribution in [0.25, 0.3) is 0 Å². The molecule has 3 aromatic rings. The van der Waals surface area contributed by atoms with E-state index < -0.39 is 0 Å². The van der Waals surface area contributed by atoms with Gasteiger partial charge < -0.3 is 20.4 Å². The molecule has 1 saturated carbocycles. The topological polar surface area (TPSA) is 94.6 Å². The molecule has 1 aliphatic carbocycles. The SMILES string of the molecule is Cc1ccccc1N1CCN(c2ccc(C(=O)NCCCC3CCCCC(=O)C3)cc2NC(=O)c2sc(Br)nc2C)CC1. The zero-order valence-electron chi connectivity index (χ0n) is 25.0. The molecule has 1 saturated heterocycles. The second-order valence-corrected chi connectivity index (χ2v) is 13.9. The van der Waals surface area contributed by atoms with Gasteiger partial charge in [0.05, 0.1) is 17.1 Å². The first-order valence-corrected chi connectivity index (χ1v) is 16.8. The van der Waals surface area contributed by atoms with Crippen molar-refractivity contribution in [2.24, 2.45) is 5.92 Å². The van der Waals surface area contributed by atoms with Crippen molar-refractivity contribution in [1.82, 2.24) is 10.3 Å². The van der Waals surface area contributed by atoms with Crippen LogP contribution in [0.3, 0.4) is 0 Å². The summed E-state index contributed by atoms with van der Waals surface area (Å²) >= 11 is 4.67. The van der Waals surface area contributed by atoms with E-state index in [0.29, 0.717) is 56.8 Å². The summed E-state index contributed by atoms with van der Waals surface area (Å²) in [6.07, 6.45) is 6.39. The Kier molecular flexibility index (Phi) is 10.5. The Morgan fingerprint density at radius 1 is 1.00 bits per heavy atom. The van der Waals surface area contributed by atoms with E-state index in [-0.39, 0.29) is 11.8 Å². The Bertz CT molecular complexity index is 1470. The van der Waals surface area contributed by atoms with Crippen LogP contribution in [0.4, 0.5) is 17.1 Å². The number of aromatic nitrogens is 1. The zero-order chi connectivity index (χ0) is 30.3. The van der Waals surface area contributed by atoms with E-state index in [1.165, 1.54) is 22.6 Å². The Labute approximate surface area is 266 Å². The molecule has 0 spiro atoms. The zero-order valence-corrected chi connectivity index (χ0v) is 27.4. The van der Waals surface area contributed by atoms with Gasteiger partial charge in [-0.2, -0.15) is 0 Å². The van der Waals surface area contributed by atoms with Crippen LogP contribution in [-0.2, 0) is 4.79 Å². The fraction of sp³-hybridized carbons (Fsp3) is 0.455. The molecule has 2 aliphatic rings. The van der Waals surface area contributed by atoms with Gasteiger partial charge in [-0.05, 0) is 84.8 Å². The highest BCUT2D eigenvalue weighted by atomic mass is 79.9. The van der Waals surface area contributed by atoms with Crippen LogP contribution in [0, 0.1) is 19.8 Å². The highest BCUT2D eigenvalue weighted by Gasteiger charge is 2.24. The molecule has 5 rings (SSSR count). The van der Waals surface area contributed by atoms with Crippen molar-refractivity contribution in [3.63, 3.8) is 0 Å². The molecule has 228 valence electrons. The molecule has 1 unspecified atom stereocenters. The molecule has 1 aliphatic heterocycles. The number of piperazine rings is 1. The second kappa shape index (κ2) is 14.5. The molecule has 1 aromatic heterocycles. The molecule has 2 heterocycles. The lowest BCUT2D eigenvalue weighted by Gasteiger charge is -2.38. The molecule has 8 nitrogen and oxygen atoms in total. The van der Waals surface area contributed by atoms with Gasteiger partial charge in [-0.25, -0.2) is 4.98 Å². The number of ketones is 1. The van der Waals surface area contributed by atoms with Gasteiger partial charge in [0.15, 0.2) is 3.92 Å². The van der Waals surface area contributed by atoms with E-state index in [2.05, 4.69) is 72.5 Å². The third-order valence-electron chi connectivity index (χ3n) is 8.47. The average Bonchev–Trinajstić information content (AvgIpc) is 3.20. The molecule has 2 fully saturated rings. The van der Waals surface area contributed by atoms with Crippen LogP contribution >= 0.6 is 27.3 Å². The smallest absolute Gasteiger partial charge is 0.267 e. The number of nitrogens with one attached hydrogen (secondary N) is 2. The van der Waals surface area contributed by atoms with Gasteiger partial charge in [-0.15, -0.1) is 11.3 Å². The first kappa shape index (κ1) is 31.2. The summed E-state index contributed by atoms with van der Waals surface area (Å²) in [4.78, 5) is 48.0. The van der Waals surface area contributed by atoms with Gasteiger partial charge in [-0.3, -0.25) is 14.4 Å². The largest absolute Gasteiger partial charge is 0.368 e. The summed E-state index contributed by atoms with van der Waals surface area (Å²) in [5, 5.41) is 6.14. The number of Topliss-reactive ketones (excluding diaryl/α,β-unsaturated/α-hetero) is 1. The van der Waals surface area contributed by atoms with E-state index in [4.69, 9.17) is 0 Å². The number of carbonyl (C=O) groups is 3. The third kappa shape index (κ3) is 8.03. The number of para-hydroxylation sites is 1. The van der Waals surface area contributed by atoms with Crippen LogP contribution < -0.4 is 20.4 Å².